The van der Waals surface area contributed by atoms with Crippen LogP contribution < -0.4 is 15.1 Å². The summed E-state index contributed by atoms with van der Waals surface area (Å²) in [4.78, 5) is 16.5. The Kier molecular flexibility index (Phi) is 6.65. The predicted molar refractivity (Wildman–Crippen MR) is 109 cm³/mol. The Bertz CT molecular complexity index is 555. The molecule has 0 saturated carbocycles. The molecule has 1 N–H and O–H groups in total. The van der Waals surface area contributed by atoms with Crippen LogP contribution in [0.15, 0.2) is 24.3 Å². The second kappa shape index (κ2) is 8.95. The zero-order chi connectivity index (χ0) is 17.6. The first-order chi connectivity index (χ1) is 12.2. The molecule has 1 aromatic rings. The van der Waals surface area contributed by atoms with E-state index in [1.54, 1.807) is 0 Å². The number of rotatable bonds is 7. The minimum absolute atomic E-state index is 0.258. The van der Waals surface area contributed by atoms with Gasteiger partial charge in [-0.2, -0.15) is 11.8 Å². The molecule has 2 aliphatic heterocycles. The van der Waals surface area contributed by atoms with E-state index in [-0.39, 0.29) is 5.91 Å². The first kappa shape index (κ1) is 18.6. The van der Waals surface area contributed by atoms with Crippen LogP contribution in [0.4, 0.5) is 11.4 Å². The molecule has 0 bridgehead atoms. The highest BCUT2D eigenvalue weighted by atomic mass is 32.2. The summed E-state index contributed by atoms with van der Waals surface area (Å²) < 4.78 is 0. The first-order valence-electron chi connectivity index (χ1n) is 9.58. The summed E-state index contributed by atoms with van der Waals surface area (Å²) in [5.41, 5.74) is 2.33. The molecule has 2 fully saturated rings. The van der Waals surface area contributed by atoms with Gasteiger partial charge in [-0.25, -0.2) is 0 Å². The van der Waals surface area contributed by atoms with E-state index in [0.29, 0.717) is 18.5 Å². The Hall–Kier alpha value is -1.20. The van der Waals surface area contributed by atoms with Gasteiger partial charge in [0.15, 0.2) is 0 Å². The van der Waals surface area contributed by atoms with Gasteiger partial charge in [-0.1, -0.05) is 0 Å². The Morgan fingerprint density at radius 2 is 1.80 bits per heavy atom. The third-order valence-corrected chi connectivity index (χ3v) is 6.13. The maximum absolute atomic E-state index is 12.0. The largest absolute Gasteiger partial charge is 0.371 e. The van der Waals surface area contributed by atoms with Crippen molar-refractivity contribution >= 4 is 29.0 Å². The van der Waals surface area contributed by atoms with Crippen LogP contribution >= 0.6 is 11.8 Å². The molecule has 2 saturated heterocycles. The van der Waals surface area contributed by atoms with Crippen molar-refractivity contribution in [1.29, 1.82) is 0 Å². The lowest BCUT2D eigenvalue weighted by Crippen LogP contribution is -2.42. The molecule has 1 unspecified atom stereocenters. The number of benzene rings is 1. The summed E-state index contributed by atoms with van der Waals surface area (Å²) in [6, 6.07) is 9.58. The number of amides is 1. The number of nitrogens with one attached hydrogen (secondary N) is 1. The molecule has 5 heteroatoms. The highest BCUT2D eigenvalue weighted by Gasteiger charge is 2.28. The topological polar surface area (TPSA) is 35.6 Å². The first-order valence-corrected chi connectivity index (χ1v) is 11.0. The molecule has 1 aromatic carbocycles. The number of anilines is 2. The average Bonchev–Trinajstić information content (AvgIpc) is 2.98. The summed E-state index contributed by atoms with van der Waals surface area (Å²) in [5, 5.41) is 3.70. The molecule has 25 heavy (non-hydrogen) atoms. The third-order valence-electron chi connectivity index (χ3n) is 5.43. The number of hydrogen-bond donors (Lipinski definition) is 1. The lowest BCUT2D eigenvalue weighted by molar-refractivity contribution is -0.117. The van der Waals surface area contributed by atoms with Crippen molar-refractivity contribution < 1.29 is 4.79 Å². The Morgan fingerprint density at radius 1 is 1.12 bits per heavy atom. The minimum atomic E-state index is 0.258. The fourth-order valence-corrected chi connectivity index (χ4v) is 4.35. The van der Waals surface area contributed by atoms with Crippen LogP contribution in [-0.2, 0) is 4.79 Å². The highest BCUT2D eigenvalue weighted by Crippen LogP contribution is 2.29. The molecule has 2 aliphatic rings. The van der Waals surface area contributed by atoms with E-state index in [0.717, 1.165) is 31.7 Å². The van der Waals surface area contributed by atoms with Crippen LogP contribution in [0.1, 0.15) is 39.0 Å². The smallest absolute Gasteiger partial charge is 0.227 e. The molecule has 1 amide bonds. The monoisotopic (exact) mass is 361 g/mol. The van der Waals surface area contributed by atoms with E-state index in [1.165, 1.54) is 30.7 Å². The van der Waals surface area contributed by atoms with Crippen LogP contribution in [0.2, 0.25) is 0 Å². The molecular formula is C20H31N3OS. The molecule has 2 heterocycles. The number of thioether (sulfide) groups is 1. The molecule has 4 nitrogen and oxygen atoms in total. The van der Waals surface area contributed by atoms with E-state index in [2.05, 4.69) is 47.7 Å². The molecule has 1 atom stereocenters. The molecule has 0 radical (unpaired) electrons. The van der Waals surface area contributed by atoms with Gasteiger partial charge in [0.05, 0.1) is 0 Å². The normalized spacial score (nSPS) is 22.0. The van der Waals surface area contributed by atoms with E-state index >= 15 is 0 Å². The van der Waals surface area contributed by atoms with Crippen LogP contribution in [0.5, 0.6) is 0 Å². The quantitative estimate of drug-likeness (QED) is 0.754. The molecule has 0 aromatic heterocycles. The van der Waals surface area contributed by atoms with Gasteiger partial charge in [0, 0.05) is 43.0 Å². The number of carbonyl (C=O) groups excluding carboxylic acids is 1. The summed E-state index contributed by atoms with van der Waals surface area (Å²) in [5.74, 6) is 1.50. The van der Waals surface area contributed by atoms with Crippen molar-refractivity contribution in [1.82, 2.24) is 5.32 Å². The maximum Gasteiger partial charge on any atom is 0.227 e. The summed E-state index contributed by atoms with van der Waals surface area (Å²) >= 11 is 1.92. The summed E-state index contributed by atoms with van der Waals surface area (Å²) in [6.45, 7) is 5.50. The van der Waals surface area contributed by atoms with Gasteiger partial charge < -0.3 is 15.1 Å². The average molecular weight is 362 g/mol. The van der Waals surface area contributed by atoms with Crippen LogP contribution in [0, 0.1) is 0 Å². The van der Waals surface area contributed by atoms with Gasteiger partial charge in [0.2, 0.25) is 5.91 Å². The Labute approximate surface area is 156 Å². The van der Waals surface area contributed by atoms with Crippen LogP contribution in [0.25, 0.3) is 0 Å². The number of piperidine rings is 1. The summed E-state index contributed by atoms with van der Waals surface area (Å²) in [7, 11) is 0. The van der Waals surface area contributed by atoms with Gasteiger partial charge in [-0.15, -0.1) is 0 Å². The van der Waals surface area contributed by atoms with Crippen molar-refractivity contribution in [3.05, 3.63) is 24.3 Å². The van der Waals surface area contributed by atoms with Crippen molar-refractivity contribution in [3.63, 3.8) is 0 Å². The van der Waals surface area contributed by atoms with Crippen molar-refractivity contribution in [2.45, 2.75) is 51.1 Å². The lowest BCUT2D eigenvalue weighted by Gasteiger charge is -2.34. The number of hydrogen-bond acceptors (Lipinski definition) is 4. The van der Waals surface area contributed by atoms with Crippen LogP contribution in [-0.4, -0.2) is 49.6 Å². The van der Waals surface area contributed by atoms with Crippen molar-refractivity contribution in [2.75, 3.05) is 41.4 Å². The molecule has 0 spiro atoms. The van der Waals surface area contributed by atoms with E-state index in [4.69, 9.17) is 0 Å². The molecule has 138 valence electrons. The highest BCUT2D eigenvalue weighted by molar-refractivity contribution is 7.98. The molecule has 0 aliphatic carbocycles. The fourth-order valence-electron chi connectivity index (χ4n) is 3.91. The van der Waals surface area contributed by atoms with Gasteiger partial charge >= 0.3 is 0 Å². The second-order valence-corrected chi connectivity index (χ2v) is 8.22. The Morgan fingerprint density at radius 3 is 2.40 bits per heavy atom. The van der Waals surface area contributed by atoms with E-state index < -0.39 is 0 Å². The standard InChI is InChI=1S/C20H31N3OS/c1-16-4-9-20(24)23(16)19-7-5-18(6-8-19)22-13-10-17(11-14-22)21-12-3-15-25-2/h5-8,16-17,21H,3-4,9-15H2,1-2H3. The van der Waals surface area contributed by atoms with Crippen LogP contribution in [0.3, 0.4) is 0 Å². The predicted octanol–water partition coefficient (Wildman–Crippen LogP) is 3.51. The molecule has 3 rings (SSSR count). The van der Waals surface area contributed by atoms with Crippen molar-refractivity contribution in [3.8, 4) is 0 Å². The molecular weight excluding hydrogens is 330 g/mol. The SMILES string of the molecule is CSCCCNC1CCN(c2ccc(N3C(=O)CCC3C)cc2)CC1. The van der Waals surface area contributed by atoms with E-state index in [1.807, 2.05) is 16.7 Å². The fraction of sp³-hybridized carbons (Fsp3) is 0.650. The second-order valence-electron chi connectivity index (χ2n) is 7.23. The van der Waals surface area contributed by atoms with E-state index in [9.17, 15) is 4.79 Å². The lowest BCUT2D eigenvalue weighted by atomic mass is 10.0. The minimum Gasteiger partial charge on any atom is -0.371 e. The maximum atomic E-state index is 12.0. The zero-order valence-corrected chi connectivity index (χ0v) is 16.4. The number of carbonyl (C=O) groups is 1. The zero-order valence-electron chi connectivity index (χ0n) is 15.5. The van der Waals surface area contributed by atoms with Crippen molar-refractivity contribution in [2.24, 2.45) is 0 Å². The van der Waals surface area contributed by atoms with Gasteiger partial charge in [0.25, 0.3) is 0 Å². The summed E-state index contributed by atoms with van der Waals surface area (Å²) in [6.07, 6.45) is 7.50. The van der Waals surface area contributed by atoms with Gasteiger partial charge in [0.1, 0.15) is 0 Å². The Balaban J connectivity index is 1.50. The van der Waals surface area contributed by atoms with Gasteiger partial charge in [-0.05, 0) is 75.4 Å². The third kappa shape index (κ3) is 4.70. The van der Waals surface area contributed by atoms with Gasteiger partial charge in [-0.3, -0.25) is 4.79 Å². The number of nitrogens with zero attached hydrogens (tertiary/aromatic N) is 2.